The molecule has 12 heteroatoms. The van der Waals surface area contributed by atoms with Crippen molar-refractivity contribution >= 4 is 55.6 Å². The Morgan fingerprint density at radius 3 is 2.49 bits per heavy atom. The third kappa shape index (κ3) is 6.77. The van der Waals surface area contributed by atoms with Crippen LogP contribution in [0.1, 0.15) is 41.7 Å². The Morgan fingerprint density at radius 2 is 1.78 bits per heavy atom. The molecule has 2 aromatic heterocycles. The number of aromatic nitrogens is 2. The van der Waals surface area contributed by atoms with E-state index < -0.39 is 15.9 Å². The predicted octanol–water partition coefficient (Wildman–Crippen LogP) is 6.69. The third-order valence-corrected chi connectivity index (χ3v) is 10.9. The molecule has 1 aliphatic carbocycles. The lowest BCUT2D eigenvalue weighted by molar-refractivity contribution is 0.0923. The Kier molecular flexibility index (Phi) is 9.01. The van der Waals surface area contributed by atoms with Crippen molar-refractivity contribution < 1.29 is 22.7 Å². The summed E-state index contributed by atoms with van der Waals surface area (Å²) >= 11 is 2.30. The van der Waals surface area contributed by atoms with Crippen molar-refractivity contribution in [1.82, 2.24) is 9.97 Å². The molecule has 0 spiro atoms. The summed E-state index contributed by atoms with van der Waals surface area (Å²) in [6.07, 6.45) is 5.05. The zero-order chi connectivity index (χ0) is 28.8. The minimum atomic E-state index is -3.98. The minimum absolute atomic E-state index is 0.0106. The minimum Gasteiger partial charge on any atom is -0.497 e. The molecule has 212 valence electrons. The van der Waals surface area contributed by atoms with Gasteiger partial charge < -0.3 is 10.1 Å². The van der Waals surface area contributed by atoms with E-state index in [9.17, 15) is 18.0 Å². The first-order valence-corrected chi connectivity index (χ1v) is 16.3. The Labute approximate surface area is 246 Å². The lowest BCUT2D eigenvalue weighted by Gasteiger charge is -2.15. The first kappa shape index (κ1) is 28.8. The maximum absolute atomic E-state index is 13.5. The van der Waals surface area contributed by atoms with Crippen LogP contribution in [0.3, 0.4) is 0 Å². The largest absolute Gasteiger partial charge is 0.497 e. The van der Waals surface area contributed by atoms with E-state index >= 15 is 0 Å². The van der Waals surface area contributed by atoms with Gasteiger partial charge in [-0.25, -0.2) is 23.2 Å². The lowest BCUT2D eigenvalue weighted by Crippen LogP contribution is -2.22. The summed E-state index contributed by atoms with van der Waals surface area (Å²) in [6, 6.07) is 18.5. The van der Waals surface area contributed by atoms with Crippen molar-refractivity contribution in [2.24, 2.45) is 5.92 Å². The topological polar surface area (TPSA) is 127 Å². The highest BCUT2D eigenvalue weighted by Gasteiger charge is 2.29. The van der Waals surface area contributed by atoms with Crippen LogP contribution in [0, 0.1) is 5.92 Å². The van der Waals surface area contributed by atoms with Gasteiger partial charge in [-0.1, -0.05) is 48.4 Å². The molecule has 1 fully saturated rings. The van der Waals surface area contributed by atoms with Crippen molar-refractivity contribution in [3.63, 3.8) is 0 Å². The highest BCUT2D eigenvalue weighted by Crippen LogP contribution is 2.36. The summed E-state index contributed by atoms with van der Waals surface area (Å²) in [6.45, 7) is 0. The normalized spacial score (nSPS) is 13.6. The summed E-state index contributed by atoms with van der Waals surface area (Å²) in [5.41, 5.74) is 1.04. The number of carbonyl (C=O) groups is 2. The standard InChI is InChI=1S/C29H28N4O5S3/c1-38-20-14-15-23(22(17-20)26(34)19-9-5-6-10-19)31-28(35)33-29-32-24(18-39-21-11-3-2-4-12-21)27(40-29)41(36,37)25-13-7-8-16-30-25/h2-4,7-8,11-17,19H,5-6,9-10,18H2,1H3,(H2,31,32,33,35). The number of hydrogen-bond acceptors (Lipinski definition) is 9. The molecule has 9 nitrogen and oxygen atoms in total. The molecule has 0 atom stereocenters. The van der Waals surface area contributed by atoms with Gasteiger partial charge in [0.15, 0.2) is 20.1 Å². The molecule has 5 rings (SSSR count). The third-order valence-electron chi connectivity index (χ3n) is 6.62. The van der Waals surface area contributed by atoms with Crippen LogP contribution in [-0.4, -0.2) is 37.3 Å². The van der Waals surface area contributed by atoms with E-state index in [1.54, 1.807) is 30.3 Å². The SMILES string of the molecule is COc1ccc(NC(=O)Nc2nc(CSc3ccccc3)c(S(=O)(=O)c3ccccn3)s2)c(C(=O)C2CCCC2)c1. The number of ketones is 1. The molecule has 2 amide bonds. The fourth-order valence-electron chi connectivity index (χ4n) is 4.58. The Balaban J connectivity index is 1.40. The highest BCUT2D eigenvalue weighted by atomic mass is 32.2. The number of hydrogen-bond donors (Lipinski definition) is 2. The van der Waals surface area contributed by atoms with Crippen molar-refractivity contribution in [3.05, 3.63) is 84.2 Å². The number of methoxy groups -OCH3 is 1. The van der Waals surface area contributed by atoms with E-state index in [4.69, 9.17) is 4.74 Å². The average molecular weight is 609 g/mol. The molecule has 41 heavy (non-hydrogen) atoms. The summed E-state index contributed by atoms with van der Waals surface area (Å²) in [5, 5.41) is 5.41. The van der Waals surface area contributed by atoms with Gasteiger partial charge in [0.1, 0.15) is 5.75 Å². The number of sulfone groups is 1. The molecular formula is C29H28N4O5S3. The molecule has 1 aliphatic rings. The Hall–Kier alpha value is -3.74. The molecule has 4 aromatic rings. The maximum Gasteiger partial charge on any atom is 0.325 e. The molecule has 2 heterocycles. The summed E-state index contributed by atoms with van der Waals surface area (Å²) < 4.78 is 32.3. The number of thioether (sulfide) groups is 1. The fraction of sp³-hybridized carbons (Fsp3) is 0.241. The van der Waals surface area contributed by atoms with Gasteiger partial charge in [-0.15, -0.1) is 11.8 Å². The number of rotatable bonds is 10. The zero-order valence-corrected chi connectivity index (χ0v) is 24.7. The lowest BCUT2D eigenvalue weighted by atomic mass is 9.95. The summed E-state index contributed by atoms with van der Waals surface area (Å²) in [4.78, 5) is 35.8. The second kappa shape index (κ2) is 12.8. The molecule has 0 bridgehead atoms. The van der Waals surface area contributed by atoms with Crippen LogP contribution in [0.15, 0.2) is 87.1 Å². The smallest absolute Gasteiger partial charge is 0.325 e. The van der Waals surface area contributed by atoms with E-state index in [1.165, 1.54) is 31.1 Å². The van der Waals surface area contributed by atoms with Gasteiger partial charge in [0.2, 0.25) is 9.84 Å². The number of benzene rings is 2. The van der Waals surface area contributed by atoms with Gasteiger partial charge in [0.25, 0.3) is 0 Å². The van der Waals surface area contributed by atoms with Crippen molar-refractivity contribution in [2.75, 3.05) is 17.7 Å². The fourth-order valence-corrected chi connectivity index (χ4v) is 8.35. The van der Waals surface area contributed by atoms with Crippen LogP contribution in [0.4, 0.5) is 15.6 Å². The van der Waals surface area contributed by atoms with Crippen molar-refractivity contribution in [3.8, 4) is 5.75 Å². The van der Waals surface area contributed by atoms with Crippen LogP contribution in [-0.2, 0) is 15.6 Å². The van der Waals surface area contributed by atoms with Crippen LogP contribution in [0.25, 0.3) is 0 Å². The van der Waals surface area contributed by atoms with E-state index in [2.05, 4.69) is 20.6 Å². The van der Waals surface area contributed by atoms with Gasteiger partial charge in [-0.3, -0.25) is 10.1 Å². The van der Waals surface area contributed by atoms with E-state index in [0.717, 1.165) is 41.9 Å². The number of nitrogens with zero attached hydrogens (tertiary/aromatic N) is 2. The van der Waals surface area contributed by atoms with Gasteiger partial charge in [-0.2, -0.15) is 0 Å². The first-order chi connectivity index (χ1) is 19.8. The van der Waals surface area contributed by atoms with Crippen LogP contribution < -0.4 is 15.4 Å². The number of anilines is 2. The molecule has 0 aliphatic heterocycles. The molecule has 0 saturated heterocycles. The molecule has 0 unspecified atom stereocenters. The number of thiazole rings is 1. The first-order valence-electron chi connectivity index (χ1n) is 13.0. The van der Waals surface area contributed by atoms with Crippen molar-refractivity contribution in [1.29, 1.82) is 0 Å². The number of ether oxygens (including phenoxy) is 1. The second-order valence-corrected chi connectivity index (χ2v) is 13.5. The predicted molar refractivity (Wildman–Crippen MR) is 160 cm³/mol. The van der Waals surface area contributed by atoms with Crippen LogP contribution in [0.2, 0.25) is 0 Å². The number of carbonyl (C=O) groups excluding carboxylic acids is 2. The zero-order valence-electron chi connectivity index (χ0n) is 22.2. The summed E-state index contributed by atoms with van der Waals surface area (Å²) in [7, 11) is -2.46. The van der Waals surface area contributed by atoms with Gasteiger partial charge in [0.05, 0.1) is 18.5 Å². The number of pyridine rings is 1. The van der Waals surface area contributed by atoms with E-state index in [1.807, 2.05) is 30.3 Å². The molecule has 2 N–H and O–H groups in total. The summed E-state index contributed by atoms with van der Waals surface area (Å²) in [5.74, 6) is 0.662. The molecule has 1 saturated carbocycles. The maximum atomic E-state index is 13.5. The average Bonchev–Trinajstić information content (AvgIpc) is 3.68. The Bertz CT molecular complexity index is 1640. The van der Waals surface area contributed by atoms with Gasteiger partial charge >= 0.3 is 6.03 Å². The second-order valence-electron chi connectivity index (χ2n) is 9.36. The van der Waals surface area contributed by atoms with Crippen LogP contribution >= 0.6 is 23.1 Å². The monoisotopic (exact) mass is 608 g/mol. The van der Waals surface area contributed by atoms with E-state index in [-0.39, 0.29) is 31.8 Å². The molecule has 2 aromatic carbocycles. The molecule has 0 radical (unpaired) electrons. The number of amides is 2. The van der Waals surface area contributed by atoms with Gasteiger partial charge in [0, 0.05) is 28.3 Å². The quantitative estimate of drug-likeness (QED) is 0.151. The number of urea groups is 1. The number of nitrogens with one attached hydrogen (secondary N) is 2. The van der Waals surface area contributed by atoms with E-state index in [0.29, 0.717) is 22.7 Å². The highest BCUT2D eigenvalue weighted by molar-refractivity contribution is 7.98. The Morgan fingerprint density at radius 1 is 1.02 bits per heavy atom. The number of Topliss-reactive ketones (excluding diaryl/α,β-unsaturated/α-hetero) is 1. The van der Waals surface area contributed by atoms with Gasteiger partial charge in [-0.05, 0) is 55.3 Å². The molecular weight excluding hydrogens is 581 g/mol. The van der Waals surface area contributed by atoms with Crippen LogP contribution in [0.5, 0.6) is 5.75 Å². The van der Waals surface area contributed by atoms with Crippen molar-refractivity contribution in [2.45, 2.75) is 45.6 Å².